The van der Waals surface area contributed by atoms with Gasteiger partial charge in [-0.15, -0.1) is 0 Å². The molecule has 86 valence electrons. The van der Waals surface area contributed by atoms with Crippen LogP contribution < -0.4 is 0 Å². The van der Waals surface area contributed by atoms with Gasteiger partial charge >= 0.3 is 0 Å². The molecular formula is C15H26. The van der Waals surface area contributed by atoms with E-state index in [1.54, 1.807) is 12.8 Å². The lowest BCUT2D eigenvalue weighted by Crippen LogP contribution is -2.30. The molecule has 0 aliphatic heterocycles. The fraction of sp³-hybridized carbons (Fsp3) is 1.00. The Morgan fingerprint density at radius 1 is 1.00 bits per heavy atom. The van der Waals surface area contributed by atoms with Crippen LogP contribution in [-0.4, -0.2) is 0 Å². The first-order valence-electron chi connectivity index (χ1n) is 7.03. The molecule has 15 heavy (non-hydrogen) atoms. The first kappa shape index (κ1) is 10.2. The summed E-state index contributed by atoms with van der Waals surface area (Å²) in [5.74, 6) is 3.18. The lowest BCUT2D eigenvalue weighted by Gasteiger charge is -2.41. The first-order valence-corrected chi connectivity index (χ1v) is 7.03. The molecule has 0 radical (unpaired) electrons. The summed E-state index contributed by atoms with van der Waals surface area (Å²) in [6.45, 7) is 7.70. The summed E-state index contributed by atoms with van der Waals surface area (Å²) in [5.41, 5.74) is 1.44. The zero-order valence-electron chi connectivity index (χ0n) is 10.7. The molecule has 5 unspecified atom stereocenters. The van der Waals surface area contributed by atoms with Crippen molar-refractivity contribution in [2.75, 3.05) is 0 Å². The highest BCUT2D eigenvalue weighted by Gasteiger charge is 2.53. The van der Waals surface area contributed by atoms with Crippen LogP contribution in [-0.2, 0) is 0 Å². The smallest absolute Gasteiger partial charge is 0.0295 e. The van der Waals surface area contributed by atoms with Gasteiger partial charge in [-0.25, -0.2) is 0 Å². The van der Waals surface area contributed by atoms with Gasteiger partial charge in [0.1, 0.15) is 0 Å². The predicted molar refractivity (Wildman–Crippen MR) is 64.7 cm³/mol. The van der Waals surface area contributed by atoms with Gasteiger partial charge < -0.3 is 0 Å². The second-order valence-electron chi connectivity index (χ2n) is 7.48. The zero-order valence-corrected chi connectivity index (χ0v) is 10.7. The summed E-state index contributed by atoms with van der Waals surface area (Å²) >= 11 is 0. The van der Waals surface area contributed by atoms with E-state index in [-0.39, 0.29) is 0 Å². The molecule has 3 aliphatic rings. The summed E-state index contributed by atoms with van der Waals surface area (Å²) < 4.78 is 0. The maximum atomic E-state index is 2.58. The molecule has 0 nitrogen and oxygen atoms in total. The van der Waals surface area contributed by atoms with Crippen LogP contribution in [0.15, 0.2) is 0 Å². The van der Waals surface area contributed by atoms with Crippen molar-refractivity contribution in [1.29, 1.82) is 0 Å². The molecule has 5 atom stereocenters. The SMILES string of the molecule is CC1C2CCC3(C)CCCC1(C)CC2C3. The summed E-state index contributed by atoms with van der Waals surface area (Å²) in [6.07, 6.45) is 10.7. The highest BCUT2D eigenvalue weighted by Crippen LogP contribution is 2.62. The monoisotopic (exact) mass is 206 g/mol. The van der Waals surface area contributed by atoms with Gasteiger partial charge in [-0.1, -0.05) is 27.2 Å². The fourth-order valence-corrected chi connectivity index (χ4v) is 5.30. The maximum Gasteiger partial charge on any atom is -0.0295 e. The number of hydrogen-bond acceptors (Lipinski definition) is 0. The summed E-state index contributed by atoms with van der Waals surface area (Å²) in [5, 5.41) is 0. The van der Waals surface area contributed by atoms with Gasteiger partial charge in [-0.3, -0.25) is 0 Å². The molecule has 3 rings (SSSR count). The number of fused-ring (bicyclic) bond motifs is 2. The predicted octanol–water partition coefficient (Wildman–Crippen LogP) is 4.64. The summed E-state index contributed by atoms with van der Waals surface area (Å²) in [6, 6.07) is 0. The van der Waals surface area contributed by atoms with Crippen molar-refractivity contribution < 1.29 is 0 Å². The van der Waals surface area contributed by atoms with Crippen molar-refractivity contribution in [1.82, 2.24) is 0 Å². The number of hydrogen-bond donors (Lipinski definition) is 0. The minimum atomic E-state index is 0.709. The normalized spacial score (nSPS) is 59.0. The third-order valence-electron chi connectivity index (χ3n) is 6.44. The van der Waals surface area contributed by atoms with Crippen LogP contribution in [0.3, 0.4) is 0 Å². The maximum absolute atomic E-state index is 2.58. The van der Waals surface area contributed by atoms with Crippen LogP contribution in [0.25, 0.3) is 0 Å². The molecule has 0 aromatic carbocycles. The molecule has 0 N–H and O–H groups in total. The van der Waals surface area contributed by atoms with Crippen molar-refractivity contribution in [3.05, 3.63) is 0 Å². The molecule has 0 amide bonds. The van der Waals surface area contributed by atoms with E-state index < -0.39 is 0 Å². The molecule has 0 heteroatoms. The average Bonchev–Trinajstić information content (AvgIpc) is 2.40. The standard InChI is InChI=1S/C15H26/c1-11-13-5-8-14(2)6-4-7-15(11,3)10-12(13)9-14/h11-13H,4-10H2,1-3H3. The van der Waals surface area contributed by atoms with Crippen LogP contribution in [0.4, 0.5) is 0 Å². The molecule has 3 aliphatic carbocycles. The summed E-state index contributed by atoms with van der Waals surface area (Å²) in [4.78, 5) is 0. The van der Waals surface area contributed by atoms with Crippen LogP contribution in [0.5, 0.6) is 0 Å². The van der Waals surface area contributed by atoms with Gasteiger partial charge in [0.05, 0.1) is 0 Å². The topological polar surface area (TPSA) is 0 Å². The van der Waals surface area contributed by atoms with E-state index in [0.29, 0.717) is 5.41 Å². The van der Waals surface area contributed by atoms with E-state index in [1.165, 1.54) is 32.1 Å². The van der Waals surface area contributed by atoms with Crippen LogP contribution >= 0.6 is 0 Å². The summed E-state index contributed by atoms with van der Waals surface area (Å²) in [7, 11) is 0. The van der Waals surface area contributed by atoms with Crippen molar-refractivity contribution in [3.8, 4) is 0 Å². The van der Waals surface area contributed by atoms with Crippen molar-refractivity contribution in [2.45, 2.75) is 65.7 Å². The Bertz CT molecular complexity index is 263. The molecular weight excluding hydrogens is 180 g/mol. The van der Waals surface area contributed by atoms with Crippen molar-refractivity contribution in [2.24, 2.45) is 28.6 Å². The van der Waals surface area contributed by atoms with Crippen molar-refractivity contribution in [3.63, 3.8) is 0 Å². The Morgan fingerprint density at radius 3 is 2.60 bits per heavy atom. The van der Waals surface area contributed by atoms with E-state index in [2.05, 4.69) is 20.8 Å². The third-order valence-corrected chi connectivity index (χ3v) is 6.44. The minimum absolute atomic E-state index is 0.709. The van der Waals surface area contributed by atoms with Gasteiger partial charge in [0, 0.05) is 0 Å². The first-order chi connectivity index (χ1) is 7.03. The van der Waals surface area contributed by atoms with E-state index in [1.807, 2.05) is 0 Å². The van der Waals surface area contributed by atoms with Gasteiger partial charge in [-0.05, 0) is 67.1 Å². The Morgan fingerprint density at radius 2 is 1.80 bits per heavy atom. The Labute approximate surface area is 94.8 Å². The van der Waals surface area contributed by atoms with Gasteiger partial charge in [0.25, 0.3) is 0 Å². The average molecular weight is 206 g/mol. The second-order valence-corrected chi connectivity index (χ2v) is 7.48. The van der Waals surface area contributed by atoms with E-state index in [0.717, 1.165) is 23.2 Å². The molecule has 0 heterocycles. The molecule has 3 saturated carbocycles. The lowest BCUT2D eigenvalue weighted by molar-refractivity contribution is 0.0967. The third kappa shape index (κ3) is 1.40. The molecule has 0 aromatic heterocycles. The van der Waals surface area contributed by atoms with Crippen LogP contribution in [0, 0.1) is 28.6 Å². The zero-order chi connectivity index (χ0) is 10.7. The Balaban J connectivity index is 1.95. The van der Waals surface area contributed by atoms with E-state index in [4.69, 9.17) is 0 Å². The van der Waals surface area contributed by atoms with E-state index in [9.17, 15) is 0 Å². The van der Waals surface area contributed by atoms with Gasteiger partial charge in [-0.2, -0.15) is 0 Å². The van der Waals surface area contributed by atoms with Gasteiger partial charge in [0.15, 0.2) is 0 Å². The minimum Gasteiger partial charge on any atom is -0.0617 e. The molecule has 0 saturated heterocycles. The Hall–Kier alpha value is 0. The van der Waals surface area contributed by atoms with Crippen molar-refractivity contribution >= 4 is 0 Å². The number of rotatable bonds is 0. The quantitative estimate of drug-likeness (QED) is 0.541. The lowest BCUT2D eigenvalue weighted by atomic mass is 9.64. The fourth-order valence-electron chi connectivity index (χ4n) is 5.30. The largest absolute Gasteiger partial charge is 0.0617 e. The molecule has 0 spiro atoms. The molecule has 0 aromatic rings. The highest BCUT2D eigenvalue weighted by atomic mass is 14.6. The van der Waals surface area contributed by atoms with Crippen LogP contribution in [0.1, 0.15) is 65.7 Å². The molecule has 3 fully saturated rings. The molecule has 3 bridgehead atoms. The Kier molecular flexibility index (Phi) is 2.05. The highest BCUT2D eigenvalue weighted by molar-refractivity contribution is 5.03. The van der Waals surface area contributed by atoms with Gasteiger partial charge in [0.2, 0.25) is 0 Å². The van der Waals surface area contributed by atoms with Crippen LogP contribution in [0.2, 0.25) is 0 Å². The van der Waals surface area contributed by atoms with E-state index >= 15 is 0 Å². The second kappa shape index (κ2) is 3.02.